The lowest BCUT2D eigenvalue weighted by atomic mass is 9.78. The molecule has 0 spiro atoms. The van der Waals surface area contributed by atoms with E-state index in [2.05, 4.69) is 86.7 Å². The van der Waals surface area contributed by atoms with Crippen molar-refractivity contribution >= 4 is 20.9 Å². The predicted molar refractivity (Wildman–Crippen MR) is 109 cm³/mol. The molecule has 2 rings (SSSR count). The van der Waals surface area contributed by atoms with Gasteiger partial charge in [0.05, 0.1) is 11.2 Å². The van der Waals surface area contributed by atoms with E-state index >= 15 is 0 Å². The zero-order chi connectivity index (χ0) is 19.3. The highest BCUT2D eigenvalue weighted by Crippen LogP contribution is 2.39. The molecule has 1 fully saturated rings. The molecule has 0 N–H and O–H groups in total. The van der Waals surface area contributed by atoms with E-state index in [1.165, 1.54) is 5.56 Å². The van der Waals surface area contributed by atoms with Gasteiger partial charge < -0.3 is 13.7 Å². The molecule has 0 amide bonds. The minimum atomic E-state index is -1.85. The van der Waals surface area contributed by atoms with Gasteiger partial charge in [0.2, 0.25) is 8.32 Å². The summed E-state index contributed by atoms with van der Waals surface area (Å²) in [6.07, 6.45) is 0.928. The van der Waals surface area contributed by atoms with Crippen LogP contribution in [0, 0.1) is 0 Å². The minimum absolute atomic E-state index is 0.183. The zero-order valence-corrected chi connectivity index (χ0v) is 18.7. The molecule has 0 bridgehead atoms. The van der Waals surface area contributed by atoms with Crippen LogP contribution in [-0.2, 0) is 15.7 Å². The molecule has 1 heterocycles. The van der Waals surface area contributed by atoms with Crippen LogP contribution < -0.4 is 9.89 Å². The van der Waals surface area contributed by atoms with E-state index < -0.39 is 8.32 Å². The fraction of sp³-hybridized carbons (Fsp3) is 0.700. The Morgan fingerprint density at radius 3 is 2.00 bits per heavy atom. The molecule has 140 valence electrons. The van der Waals surface area contributed by atoms with Gasteiger partial charge in [0.25, 0.3) is 0 Å². The van der Waals surface area contributed by atoms with Gasteiger partial charge in [-0.05, 0) is 69.3 Å². The summed E-state index contributed by atoms with van der Waals surface area (Å²) >= 11 is 0. The first kappa shape index (κ1) is 20.5. The molecule has 3 nitrogen and oxygen atoms in total. The molecule has 5 heteroatoms. The standard InChI is InChI=1S/C20H35BO3Si/c1-11-15-14-16(21-23-19(5,6)20(7,8)24-21)12-13-17(15)22-25(9,10)18(2,3)4/h12-14H,11H2,1-10H3. The molecule has 0 radical (unpaired) electrons. The first-order valence-electron chi connectivity index (χ1n) is 9.38. The molecule has 25 heavy (non-hydrogen) atoms. The van der Waals surface area contributed by atoms with E-state index in [-0.39, 0.29) is 23.4 Å². The number of rotatable bonds is 4. The van der Waals surface area contributed by atoms with Gasteiger partial charge in [-0.25, -0.2) is 0 Å². The molecule has 0 saturated carbocycles. The lowest BCUT2D eigenvalue weighted by Gasteiger charge is -2.37. The van der Waals surface area contributed by atoms with Gasteiger partial charge in [0.15, 0.2) is 0 Å². The Kier molecular flexibility index (Phi) is 5.28. The summed E-state index contributed by atoms with van der Waals surface area (Å²) in [5.74, 6) is 1.01. The Labute approximate surface area is 155 Å². The van der Waals surface area contributed by atoms with Crippen LogP contribution in [-0.4, -0.2) is 26.6 Å². The summed E-state index contributed by atoms with van der Waals surface area (Å²) in [4.78, 5) is 0. The van der Waals surface area contributed by atoms with Crippen LogP contribution in [0.4, 0.5) is 0 Å². The average Bonchev–Trinajstić information content (AvgIpc) is 2.66. The third-order valence-corrected chi connectivity index (χ3v) is 10.5. The fourth-order valence-corrected chi connectivity index (χ4v) is 3.58. The van der Waals surface area contributed by atoms with E-state index in [4.69, 9.17) is 13.7 Å². The van der Waals surface area contributed by atoms with Crippen LogP contribution in [0.25, 0.3) is 0 Å². The second-order valence-corrected chi connectivity index (χ2v) is 14.4. The Morgan fingerprint density at radius 1 is 1.04 bits per heavy atom. The third kappa shape index (κ3) is 3.99. The highest BCUT2D eigenvalue weighted by molar-refractivity contribution is 6.74. The maximum atomic E-state index is 6.55. The van der Waals surface area contributed by atoms with E-state index in [0.717, 1.165) is 17.6 Å². The van der Waals surface area contributed by atoms with Crippen molar-refractivity contribution in [2.24, 2.45) is 0 Å². The maximum absolute atomic E-state index is 6.55. The number of hydrogen-bond acceptors (Lipinski definition) is 3. The van der Waals surface area contributed by atoms with Crippen molar-refractivity contribution in [1.29, 1.82) is 0 Å². The van der Waals surface area contributed by atoms with Crippen molar-refractivity contribution in [2.45, 2.75) is 91.1 Å². The summed E-state index contributed by atoms with van der Waals surface area (Å²) < 4.78 is 18.9. The van der Waals surface area contributed by atoms with Gasteiger partial charge in [-0.2, -0.15) is 0 Å². The molecule has 0 unspecified atom stereocenters. The lowest BCUT2D eigenvalue weighted by molar-refractivity contribution is 0.00578. The molecule has 1 saturated heterocycles. The normalized spacial score (nSPS) is 20.0. The van der Waals surface area contributed by atoms with Crippen LogP contribution in [0.15, 0.2) is 18.2 Å². The van der Waals surface area contributed by atoms with Crippen molar-refractivity contribution in [3.05, 3.63) is 23.8 Å². The van der Waals surface area contributed by atoms with Crippen molar-refractivity contribution < 1.29 is 13.7 Å². The Balaban J connectivity index is 2.29. The van der Waals surface area contributed by atoms with Crippen molar-refractivity contribution in [3.63, 3.8) is 0 Å². The Hall–Kier alpha value is -0.778. The molecule has 1 aromatic carbocycles. The second kappa shape index (κ2) is 6.43. The largest absolute Gasteiger partial charge is 0.543 e. The molecule has 1 aliphatic heterocycles. The van der Waals surface area contributed by atoms with Crippen molar-refractivity contribution in [3.8, 4) is 5.75 Å². The Bertz CT molecular complexity index is 616. The topological polar surface area (TPSA) is 27.7 Å². The molecule has 0 aromatic heterocycles. The molecular formula is C20H35BO3Si. The van der Waals surface area contributed by atoms with Crippen LogP contribution in [0.2, 0.25) is 18.1 Å². The van der Waals surface area contributed by atoms with Crippen LogP contribution in [0.3, 0.4) is 0 Å². The first-order valence-corrected chi connectivity index (χ1v) is 12.3. The summed E-state index contributed by atoms with van der Waals surface area (Å²) in [6.45, 7) is 21.9. The van der Waals surface area contributed by atoms with Crippen LogP contribution in [0.5, 0.6) is 5.75 Å². The van der Waals surface area contributed by atoms with E-state index in [9.17, 15) is 0 Å². The summed E-state index contributed by atoms with van der Waals surface area (Å²) in [6, 6.07) is 6.37. The van der Waals surface area contributed by atoms with E-state index in [0.29, 0.717) is 0 Å². The molecule has 0 atom stereocenters. The highest BCUT2D eigenvalue weighted by Gasteiger charge is 2.51. The van der Waals surface area contributed by atoms with Gasteiger partial charge >= 0.3 is 7.12 Å². The predicted octanol–water partition coefficient (Wildman–Crippen LogP) is 4.93. The van der Waals surface area contributed by atoms with E-state index in [1.807, 2.05) is 0 Å². The molecular weight excluding hydrogens is 327 g/mol. The smallest absolute Gasteiger partial charge is 0.494 e. The number of benzene rings is 1. The molecule has 1 aromatic rings. The van der Waals surface area contributed by atoms with Gasteiger partial charge in [-0.1, -0.05) is 39.8 Å². The molecule has 0 aliphatic carbocycles. The maximum Gasteiger partial charge on any atom is 0.494 e. The quantitative estimate of drug-likeness (QED) is 0.711. The zero-order valence-electron chi connectivity index (χ0n) is 17.7. The van der Waals surface area contributed by atoms with Gasteiger partial charge in [-0.15, -0.1) is 0 Å². The number of aryl methyl sites for hydroxylation is 1. The fourth-order valence-electron chi connectivity index (χ4n) is 2.53. The Morgan fingerprint density at radius 2 is 1.56 bits per heavy atom. The van der Waals surface area contributed by atoms with Gasteiger partial charge in [-0.3, -0.25) is 0 Å². The number of hydrogen-bond donors (Lipinski definition) is 0. The van der Waals surface area contributed by atoms with Crippen LogP contribution >= 0.6 is 0 Å². The van der Waals surface area contributed by atoms with Crippen molar-refractivity contribution in [1.82, 2.24) is 0 Å². The SMILES string of the molecule is CCc1cc(B2OC(C)(C)C(C)(C)O2)ccc1O[Si](C)(C)C(C)(C)C. The van der Waals surface area contributed by atoms with E-state index in [1.54, 1.807) is 0 Å². The lowest BCUT2D eigenvalue weighted by Crippen LogP contribution is -2.44. The van der Waals surface area contributed by atoms with Gasteiger partial charge in [0.1, 0.15) is 5.75 Å². The summed E-state index contributed by atoms with van der Waals surface area (Å²) in [5, 5.41) is 0.183. The molecule has 1 aliphatic rings. The summed E-state index contributed by atoms with van der Waals surface area (Å²) in [7, 11) is -2.17. The first-order chi connectivity index (χ1) is 11.2. The minimum Gasteiger partial charge on any atom is -0.543 e. The third-order valence-electron chi connectivity index (χ3n) is 6.16. The second-order valence-electron chi connectivity index (χ2n) is 9.67. The monoisotopic (exact) mass is 362 g/mol. The highest BCUT2D eigenvalue weighted by atomic mass is 28.4. The average molecular weight is 362 g/mol. The summed E-state index contributed by atoms with van der Waals surface area (Å²) in [5.41, 5.74) is 1.65. The van der Waals surface area contributed by atoms with Crippen molar-refractivity contribution in [2.75, 3.05) is 0 Å². The van der Waals surface area contributed by atoms with Gasteiger partial charge in [0, 0.05) is 0 Å². The van der Waals surface area contributed by atoms with Crippen LogP contribution in [0.1, 0.15) is 61.0 Å².